The predicted octanol–water partition coefficient (Wildman–Crippen LogP) is 9.12. The van der Waals surface area contributed by atoms with E-state index in [9.17, 15) is 34.4 Å². The third kappa shape index (κ3) is 9.21. The van der Waals surface area contributed by atoms with Crippen molar-refractivity contribution in [3.63, 3.8) is 0 Å². The van der Waals surface area contributed by atoms with Gasteiger partial charge in [-0.15, -0.1) is 22.7 Å². The van der Waals surface area contributed by atoms with Gasteiger partial charge in [0.2, 0.25) is 20.0 Å². The lowest BCUT2D eigenvalue weighted by atomic mass is 10.1. The fraction of sp³-hybridized carbons (Fsp3) is 0.250. The summed E-state index contributed by atoms with van der Waals surface area (Å²) in [5.41, 5.74) is 5.89. The highest BCUT2D eigenvalue weighted by Crippen LogP contribution is 2.34. The first-order valence-electron chi connectivity index (χ1n) is 18.4. The standard InChI is InChI=1S/C21H21F2N3O2S2.C19H15Cl2F2N3O2S2/c1-14-6-7-16(12-15(14)2)19-13-29-21(24-19)25-8-10-26(11-9-25)30(27,28)20-17(22)4-3-5-18(20)23;20-13-5-4-12(10-14(13)21)17-11-29-19(24-17)25-6-8-26(9-7-25)30(27,28)18-15(22)2-1-3-16(18)23/h3-7,12-13H,8-11H2,1-2H3;1-5,10-11H,6-9H2. The molecule has 4 heterocycles. The summed E-state index contributed by atoms with van der Waals surface area (Å²) in [6.45, 7) is 6.08. The van der Waals surface area contributed by atoms with Gasteiger partial charge in [-0.1, -0.05) is 53.5 Å². The van der Waals surface area contributed by atoms with E-state index >= 15 is 0 Å². The molecule has 0 N–H and O–H groups in total. The lowest BCUT2D eigenvalue weighted by molar-refractivity contribution is 0.378. The van der Waals surface area contributed by atoms with E-state index in [0.717, 1.165) is 77.8 Å². The minimum atomic E-state index is -4.26. The highest BCUT2D eigenvalue weighted by atomic mass is 35.5. The molecule has 0 aliphatic carbocycles. The van der Waals surface area contributed by atoms with E-state index in [1.54, 1.807) is 12.1 Å². The van der Waals surface area contributed by atoms with Crippen molar-refractivity contribution in [3.8, 4) is 22.5 Å². The summed E-state index contributed by atoms with van der Waals surface area (Å²) in [6.07, 6.45) is 0. The monoisotopic (exact) mass is 938 g/mol. The van der Waals surface area contributed by atoms with Crippen LogP contribution in [0.5, 0.6) is 0 Å². The Labute approximate surface area is 363 Å². The van der Waals surface area contributed by atoms with Crippen LogP contribution in [0.4, 0.5) is 27.8 Å². The van der Waals surface area contributed by atoms with Gasteiger partial charge in [-0.2, -0.15) is 8.61 Å². The van der Waals surface area contributed by atoms with Crippen molar-refractivity contribution < 1.29 is 34.4 Å². The van der Waals surface area contributed by atoms with Crippen molar-refractivity contribution in [2.24, 2.45) is 0 Å². The number of aryl methyl sites for hydroxylation is 2. The van der Waals surface area contributed by atoms with Crippen molar-refractivity contribution in [1.82, 2.24) is 18.6 Å². The number of hydrogen-bond acceptors (Lipinski definition) is 10. The Morgan fingerprint density at radius 3 is 1.33 bits per heavy atom. The summed E-state index contributed by atoms with van der Waals surface area (Å²) in [5, 5.41) is 6.29. The summed E-state index contributed by atoms with van der Waals surface area (Å²) in [4.78, 5) is 11.5. The highest BCUT2D eigenvalue weighted by Gasteiger charge is 2.35. The molecule has 2 fully saturated rings. The second-order valence-electron chi connectivity index (χ2n) is 13.8. The van der Waals surface area contributed by atoms with Crippen LogP contribution in [0.2, 0.25) is 10.0 Å². The number of anilines is 2. The second kappa shape index (κ2) is 18.1. The number of rotatable bonds is 8. The Bertz CT molecular complexity index is 2530. The molecule has 0 atom stereocenters. The number of thiazole rings is 2. The Morgan fingerprint density at radius 1 is 0.533 bits per heavy atom. The zero-order valence-electron chi connectivity index (χ0n) is 32.0. The molecule has 0 saturated carbocycles. The quantitative estimate of drug-likeness (QED) is 0.139. The van der Waals surface area contributed by atoms with Crippen LogP contribution in [0.1, 0.15) is 11.1 Å². The number of sulfonamides is 2. The Balaban J connectivity index is 0.000000181. The van der Waals surface area contributed by atoms with Gasteiger partial charge < -0.3 is 9.80 Å². The molecule has 0 unspecified atom stereocenters. The van der Waals surface area contributed by atoms with E-state index in [4.69, 9.17) is 28.2 Å². The summed E-state index contributed by atoms with van der Waals surface area (Å²) in [5.74, 6) is -4.34. The average Bonchev–Trinajstić information content (AvgIpc) is 3.92. The molecule has 2 aliphatic heterocycles. The molecule has 8 rings (SSSR count). The van der Waals surface area contributed by atoms with Gasteiger partial charge in [0.15, 0.2) is 20.1 Å². The van der Waals surface area contributed by atoms with Crippen LogP contribution in [0.25, 0.3) is 22.5 Å². The minimum absolute atomic E-state index is 0.0950. The maximum absolute atomic E-state index is 14.0. The molecule has 0 radical (unpaired) electrons. The zero-order valence-corrected chi connectivity index (χ0v) is 36.7. The zero-order chi connectivity index (χ0) is 42.9. The Kier molecular flexibility index (Phi) is 13.2. The van der Waals surface area contributed by atoms with Gasteiger partial charge in [-0.3, -0.25) is 0 Å². The summed E-state index contributed by atoms with van der Waals surface area (Å²) in [7, 11) is -8.50. The Morgan fingerprint density at radius 2 is 0.933 bits per heavy atom. The number of hydrogen-bond donors (Lipinski definition) is 0. The van der Waals surface area contributed by atoms with Gasteiger partial charge in [0.1, 0.15) is 23.3 Å². The van der Waals surface area contributed by atoms with E-state index in [0.29, 0.717) is 36.2 Å². The van der Waals surface area contributed by atoms with Crippen molar-refractivity contribution in [3.05, 3.63) is 128 Å². The molecule has 4 aromatic carbocycles. The van der Waals surface area contributed by atoms with E-state index in [-0.39, 0.29) is 26.2 Å². The van der Waals surface area contributed by atoms with Gasteiger partial charge in [0.05, 0.1) is 21.4 Å². The fourth-order valence-electron chi connectivity index (χ4n) is 6.60. The number of halogens is 6. The third-order valence-corrected chi connectivity index (χ3v) is 16.5. The van der Waals surface area contributed by atoms with Gasteiger partial charge in [-0.05, 0) is 67.4 Å². The van der Waals surface area contributed by atoms with Gasteiger partial charge in [0, 0.05) is 74.2 Å². The van der Waals surface area contributed by atoms with Crippen molar-refractivity contribution in [1.29, 1.82) is 0 Å². The van der Waals surface area contributed by atoms with Crippen LogP contribution >= 0.6 is 45.9 Å². The molecule has 2 aliphatic rings. The summed E-state index contributed by atoms with van der Waals surface area (Å²) >= 11 is 14.9. The first-order chi connectivity index (χ1) is 28.5. The molecule has 6 aromatic rings. The first-order valence-corrected chi connectivity index (χ1v) is 23.8. The number of piperazine rings is 2. The van der Waals surface area contributed by atoms with Crippen LogP contribution in [-0.4, -0.2) is 87.8 Å². The number of nitrogens with zero attached hydrogens (tertiary/aromatic N) is 6. The first kappa shape index (κ1) is 43.9. The summed E-state index contributed by atoms with van der Waals surface area (Å²) in [6, 6.07) is 17.5. The Hall–Kier alpha value is -4.14. The van der Waals surface area contributed by atoms with Crippen molar-refractivity contribution in [2.45, 2.75) is 23.6 Å². The molecule has 0 amide bonds. The van der Waals surface area contributed by atoms with Gasteiger partial charge in [0.25, 0.3) is 0 Å². The molecule has 20 heteroatoms. The topological polar surface area (TPSA) is 107 Å². The molecule has 0 bridgehead atoms. The van der Waals surface area contributed by atoms with Crippen molar-refractivity contribution in [2.75, 3.05) is 62.2 Å². The highest BCUT2D eigenvalue weighted by molar-refractivity contribution is 7.89. The molecule has 10 nitrogen and oxygen atoms in total. The van der Waals surface area contributed by atoms with E-state index < -0.39 is 53.1 Å². The van der Waals surface area contributed by atoms with Crippen LogP contribution < -0.4 is 9.80 Å². The molecular weight excluding hydrogens is 904 g/mol. The third-order valence-electron chi connectivity index (χ3n) is 10.1. The number of aromatic nitrogens is 2. The van der Waals surface area contributed by atoms with Crippen LogP contribution in [0, 0.1) is 37.1 Å². The lowest BCUT2D eigenvalue weighted by Gasteiger charge is -2.33. The smallest absolute Gasteiger partial charge is 0.249 e. The van der Waals surface area contributed by atoms with Crippen LogP contribution in [0.15, 0.2) is 93.3 Å². The molecule has 0 spiro atoms. The summed E-state index contributed by atoms with van der Waals surface area (Å²) < 4.78 is 109. The molecule has 2 saturated heterocycles. The molecule has 2 aromatic heterocycles. The maximum Gasteiger partial charge on any atom is 0.249 e. The molecular formula is C40H36Cl2F4N6O4S4. The largest absolute Gasteiger partial charge is 0.345 e. The van der Waals surface area contributed by atoms with Gasteiger partial charge in [-0.25, -0.2) is 44.4 Å². The predicted molar refractivity (Wildman–Crippen MR) is 229 cm³/mol. The molecule has 316 valence electrons. The molecule has 60 heavy (non-hydrogen) atoms. The van der Waals surface area contributed by atoms with E-state index in [1.165, 1.54) is 33.8 Å². The SMILES string of the molecule is Cc1ccc(-c2csc(N3CCN(S(=O)(=O)c4c(F)cccc4F)CC3)n2)cc1C.O=S(=O)(c1c(F)cccc1F)N1CCN(c2nc(-c3ccc(Cl)c(Cl)c3)cs2)CC1. The van der Waals surface area contributed by atoms with Crippen molar-refractivity contribution >= 4 is 76.2 Å². The van der Waals surface area contributed by atoms with E-state index in [1.807, 2.05) is 32.7 Å². The van der Waals surface area contributed by atoms with E-state index in [2.05, 4.69) is 31.0 Å². The lowest BCUT2D eigenvalue weighted by Crippen LogP contribution is -2.49. The second-order valence-corrected chi connectivity index (χ2v) is 20.1. The normalized spacial score (nSPS) is 15.5. The maximum atomic E-state index is 14.0. The van der Waals surface area contributed by atoms with Gasteiger partial charge >= 0.3 is 0 Å². The number of benzene rings is 4. The van der Waals surface area contributed by atoms with Crippen LogP contribution in [0.3, 0.4) is 0 Å². The average molecular weight is 940 g/mol. The minimum Gasteiger partial charge on any atom is -0.345 e. The van der Waals surface area contributed by atoms with Crippen LogP contribution in [-0.2, 0) is 20.0 Å². The fourth-order valence-corrected chi connectivity index (χ4v) is 11.7.